The van der Waals surface area contributed by atoms with Crippen LogP contribution in [-0.2, 0) is 9.59 Å². The van der Waals surface area contributed by atoms with Crippen LogP contribution in [0, 0.1) is 0 Å². The molecule has 148 valence electrons. The van der Waals surface area contributed by atoms with Crippen LogP contribution in [0.2, 0.25) is 0 Å². The molecule has 0 bridgehead atoms. The second kappa shape index (κ2) is 7.96. The number of amides is 2. The Morgan fingerprint density at radius 2 is 1.19 bits per heavy atom. The number of phenols is 1. The van der Waals surface area contributed by atoms with Crippen molar-refractivity contribution in [3.05, 3.63) is 28.3 Å². The molecule has 1 aromatic rings. The molecule has 13 nitrogen and oxygen atoms in total. The molecule has 13 heteroatoms. The average molecular weight is 388 g/mol. The number of hydrogen-bond acceptors (Lipinski definition) is 9. The van der Waals surface area contributed by atoms with E-state index in [1.807, 2.05) is 0 Å². The molecule has 0 saturated carbocycles. The van der Waals surface area contributed by atoms with E-state index in [9.17, 15) is 54.9 Å². The first-order valence-corrected chi connectivity index (χ1v) is 7.00. The fourth-order valence-electron chi connectivity index (χ4n) is 2.34. The second-order valence-corrected chi connectivity index (χ2v) is 5.34. The first-order chi connectivity index (χ1) is 12.3. The third-order valence-corrected chi connectivity index (χ3v) is 3.60. The lowest BCUT2D eigenvalue weighted by Crippen LogP contribution is -2.37. The Morgan fingerprint density at radius 3 is 1.52 bits per heavy atom. The first-order valence-electron chi connectivity index (χ1n) is 7.00. The van der Waals surface area contributed by atoms with E-state index in [1.165, 1.54) is 0 Å². The molecule has 11 N–H and O–H groups in total. The van der Waals surface area contributed by atoms with E-state index in [0.717, 1.165) is 0 Å². The Balaban J connectivity index is 3.95. The number of aliphatic hydroxyl groups is 4. The Hall–Kier alpha value is -3.26. The van der Waals surface area contributed by atoms with Gasteiger partial charge in [-0.15, -0.1) is 0 Å². The summed E-state index contributed by atoms with van der Waals surface area (Å²) >= 11 is 0. The molecule has 1 aromatic carbocycles. The maximum atomic E-state index is 11.6. The average Bonchev–Trinajstić information content (AvgIpc) is 2.57. The highest BCUT2D eigenvalue weighted by Crippen LogP contribution is 2.38. The van der Waals surface area contributed by atoms with Gasteiger partial charge in [-0.2, -0.15) is 0 Å². The topological polar surface area (TPSA) is 262 Å². The lowest BCUT2D eigenvalue weighted by Gasteiger charge is -2.25. The third-order valence-electron chi connectivity index (χ3n) is 3.60. The van der Waals surface area contributed by atoms with Gasteiger partial charge < -0.3 is 47.2 Å². The summed E-state index contributed by atoms with van der Waals surface area (Å²) in [6, 6.07) is 0.382. The number of aromatic carboxylic acids is 2. The van der Waals surface area contributed by atoms with Gasteiger partial charge in [0.05, 0.1) is 11.1 Å². The van der Waals surface area contributed by atoms with E-state index < -0.39 is 76.2 Å². The Kier molecular flexibility index (Phi) is 6.42. The van der Waals surface area contributed by atoms with Crippen molar-refractivity contribution in [1.29, 1.82) is 0 Å². The van der Waals surface area contributed by atoms with Gasteiger partial charge in [0.25, 0.3) is 0 Å². The third kappa shape index (κ3) is 4.12. The van der Waals surface area contributed by atoms with Gasteiger partial charge in [0, 0.05) is 11.1 Å². The zero-order valence-electron chi connectivity index (χ0n) is 13.3. The van der Waals surface area contributed by atoms with Gasteiger partial charge >= 0.3 is 11.9 Å². The van der Waals surface area contributed by atoms with Crippen LogP contribution >= 0.6 is 0 Å². The SMILES string of the molecule is NC(=O)C(O)C(O)c1c(O)cc(C(=O)O)c(C(O)C(O)C(N)=O)c1C(=O)O. The molecule has 0 heterocycles. The van der Waals surface area contributed by atoms with Crippen LogP contribution in [0.25, 0.3) is 0 Å². The summed E-state index contributed by atoms with van der Waals surface area (Å²) in [7, 11) is 0. The van der Waals surface area contributed by atoms with Crippen molar-refractivity contribution < 1.29 is 54.9 Å². The summed E-state index contributed by atoms with van der Waals surface area (Å²) in [6.45, 7) is 0. The van der Waals surface area contributed by atoms with Crippen LogP contribution in [0.3, 0.4) is 0 Å². The van der Waals surface area contributed by atoms with E-state index in [0.29, 0.717) is 6.07 Å². The van der Waals surface area contributed by atoms with Gasteiger partial charge in [-0.1, -0.05) is 0 Å². The number of rotatable bonds is 8. The molecular formula is C14H16N2O11. The normalized spacial score (nSPS) is 15.4. The van der Waals surface area contributed by atoms with Crippen molar-refractivity contribution in [3.63, 3.8) is 0 Å². The lowest BCUT2D eigenvalue weighted by molar-refractivity contribution is -0.132. The number of benzene rings is 1. The van der Waals surface area contributed by atoms with Gasteiger partial charge in [-0.05, 0) is 6.07 Å². The molecule has 0 aliphatic heterocycles. The molecule has 0 fully saturated rings. The van der Waals surface area contributed by atoms with Crippen molar-refractivity contribution >= 4 is 23.8 Å². The summed E-state index contributed by atoms with van der Waals surface area (Å²) in [6.07, 6.45) is -9.84. The highest BCUT2D eigenvalue weighted by Gasteiger charge is 2.38. The smallest absolute Gasteiger partial charge is 0.336 e. The molecule has 2 amide bonds. The summed E-state index contributed by atoms with van der Waals surface area (Å²) in [5, 5.41) is 67.7. The zero-order valence-corrected chi connectivity index (χ0v) is 13.3. The van der Waals surface area contributed by atoms with Gasteiger partial charge in [0.2, 0.25) is 11.8 Å². The van der Waals surface area contributed by atoms with Gasteiger partial charge in [-0.3, -0.25) is 9.59 Å². The summed E-state index contributed by atoms with van der Waals surface area (Å²) < 4.78 is 0. The van der Waals surface area contributed by atoms with E-state index in [1.54, 1.807) is 0 Å². The number of nitrogens with two attached hydrogens (primary N) is 2. The largest absolute Gasteiger partial charge is 0.508 e. The minimum atomic E-state index is -2.50. The van der Waals surface area contributed by atoms with Crippen molar-refractivity contribution in [2.45, 2.75) is 24.4 Å². The molecule has 0 spiro atoms. The fourth-order valence-corrected chi connectivity index (χ4v) is 2.34. The second-order valence-electron chi connectivity index (χ2n) is 5.34. The van der Waals surface area contributed by atoms with E-state index in [-0.39, 0.29) is 0 Å². The minimum absolute atomic E-state index is 0.382. The molecule has 0 aromatic heterocycles. The summed E-state index contributed by atoms with van der Waals surface area (Å²) in [5.41, 5.74) is 5.07. The van der Waals surface area contributed by atoms with Gasteiger partial charge in [0.1, 0.15) is 18.0 Å². The van der Waals surface area contributed by atoms with Gasteiger partial charge in [-0.25, -0.2) is 9.59 Å². The van der Waals surface area contributed by atoms with Crippen molar-refractivity contribution in [3.8, 4) is 5.75 Å². The van der Waals surface area contributed by atoms with Crippen LogP contribution in [-0.4, -0.2) is 71.7 Å². The number of carboxylic acids is 2. The number of carbonyl (C=O) groups excluding carboxylic acids is 2. The predicted octanol–water partition coefficient (Wildman–Crippen LogP) is -3.45. The van der Waals surface area contributed by atoms with E-state index in [4.69, 9.17) is 11.5 Å². The van der Waals surface area contributed by atoms with Crippen molar-refractivity contribution in [1.82, 2.24) is 0 Å². The predicted molar refractivity (Wildman–Crippen MR) is 82.3 cm³/mol. The molecule has 0 aliphatic rings. The van der Waals surface area contributed by atoms with Crippen LogP contribution < -0.4 is 11.5 Å². The van der Waals surface area contributed by atoms with Gasteiger partial charge in [0.15, 0.2) is 12.2 Å². The Morgan fingerprint density at radius 1 is 0.778 bits per heavy atom. The first kappa shape index (κ1) is 21.8. The number of aliphatic hydroxyl groups excluding tert-OH is 4. The van der Waals surface area contributed by atoms with Crippen molar-refractivity contribution in [2.75, 3.05) is 0 Å². The fraction of sp³-hybridized carbons (Fsp3) is 0.286. The number of primary amides is 2. The molecular weight excluding hydrogens is 372 g/mol. The minimum Gasteiger partial charge on any atom is -0.508 e. The maximum Gasteiger partial charge on any atom is 0.336 e. The summed E-state index contributed by atoms with van der Waals surface area (Å²) in [5.74, 6) is -8.15. The van der Waals surface area contributed by atoms with Crippen LogP contribution in [0.15, 0.2) is 6.07 Å². The molecule has 0 aliphatic carbocycles. The summed E-state index contributed by atoms with van der Waals surface area (Å²) in [4.78, 5) is 45.1. The quantitative estimate of drug-likeness (QED) is 0.211. The monoisotopic (exact) mass is 388 g/mol. The van der Waals surface area contributed by atoms with Crippen LogP contribution in [0.4, 0.5) is 0 Å². The molecule has 0 radical (unpaired) electrons. The lowest BCUT2D eigenvalue weighted by atomic mass is 9.86. The number of carbonyl (C=O) groups is 4. The molecule has 4 unspecified atom stereocenters. The number of carboxylic acid groups (broad SMARTS) is 2. The zero-order chi connectivity index (χ0) is 21.2. The standard InChI is InChI=1S/C14H16N2O11/c15-11(22)9(20)7(18)4-2(13(24)25)1-3(17)5(6(4)14(26)27)8(19)10(21)12(16)23/h1,7-10,17-21H,(H2,15,22)(H2,16,23)(H,24,25)(H,26,27). The van der Waals surface area contributed by atoms with Crippen LogP contribution in [0.1, 0.15) is 44.1 Å². The molecule has 1 rings (SSSR count). The highest BCUT2D eigenvalue weighted by atomic mass is 16.4. The number of hydrogen-bond donors (Lipinski definition) is 9. The Bertz CT molecular complexity index is 807. The number of phenolic OH excluding ortho intramolecular Hbond substituents is 1. The van der Waals surface area contributed by atoms with E-state index in [2.05, 4.69) is 0 Å². The van der Waals surface area contributed by atoms with Crippen molar-refractivity contribution in [2.24, 2.45) is 11.5 Å². The molecule has 4 atom stereocenters. The van der Waals surface area contributed by atoms with E-state index >= 15 is 0 Å². The number of aromatic hydroxyl groups is 1. The Labute approximate surface area is 149 Å². The molecule has 27 heavy (non-hydrogen) atoms. The highest BCUT2D eigenvalue weighted by molar-refractivity contribution is 6.00. The molecule has 0 saturated heterocycles. The van der Waals surface area contributed by atoms with Crippen LogP contribution in [0.5, 0.6) is 5.75 Å². The maximum absolute atomic E-state index is 11.6.